The quantitative estimate of drug-likeness (QED) is 0.188. The Bertz CT molecular complexity index is 1820. The molecule has 12 nitrogen and oxygen atoms in total. The third-order valence-electron chi connectivity index (χ3n) is 6.59. The molecule has 6 N–H and O–H groups in total. The standard InChI is InChI=1S/C28H24N6O6/c1-34-22-12-16(26(36)33-21(28(39)40)10-14-3-2-4-17(9-14)27(37)38)6-8-19(22)32-24(34)13-23-30-18-7-5-15(25(29)35)11-20(18)31-23/h2-9,11-12,21H,10,13H2,1H3,(H2,29,35)(H,30,31)(H,33,36)(H,37,38)(H,39,40)/t21-/m0/s1. The lowest BCUT2D eigenvalue weighted by molar-refractivity contribution is -0.139. The number of hydrogen-bond acceptors (Lipinski definition) is 6. The lowest BCUT2D eigenvalue weighted by atomic mass is 10.0. The molecule has 5 aromatic rings. The summed E-state index contributed by atoms with van der Waals surface area (Å²) in [5.41, 5.74) is 9.13. The van der Waals surface area contributed by atoms with E-state index in [2.05, 4.69) is 20.3 Å². The van der Waals surface area contributed by atoms with Gasteiger partial charge in [0.2, 0.25) is 5.91 Å². The molecule has 40 heavy (non-hydrogen) atoms. The largest absolute Gasteiger partial charge is 0.480 e. The van der Waals surface area contributed by atoms with Gasteiger partial charge in [0.15, 0.2) is 0 Å². The van der Waals surface area contributed by atoms with Gasteiger partial charge in [-0.25, -0.2) is 19.6 Å². The number of carboxylic acid groups (broad SMARTS) is 2. The van der Waals surface area contributed by atoms with Gasteiger partial charge in [0.25, 0.3) is 5.91 Å². The van der Waals surface area contributed by atoms with E-state index in [1.165, 1.54) is 18.2 Å². The van der Waals surface area contributed by atoms with Crippen LogP contribution in [0.3, 0.4) is 0 Å². The molecule has 2 amide bonds. The molecule has 0 aliphatic heterocycles. The predicted molar refractivity (Wildman–Crippen MR) is 144 cm³/mol. The molecule has 2 aromatic heterocycles. The van der Waals surface area contributed by atoms with Gasteiger partial charge >= 0.3 is 11.9 Å². The molecule has 0 spiro atoms. The Hall–Kier alpha value is -5.52. The van der Waals surface area contributed by atoms with Crippen molar-refractivity contribution in [1.82, 2.24) is 24.8 Å². The van der Waals surface area contributed by atoms with Crippen molar-refractivity contribution in [1.29, 1.82) is 0 Å². The van der Waals surface area contributed by atoms with Crippen LogP contribution in [0.2, 0.25) is 0 Å². The minimum absolute atomic E-state index is 0.0310. The third kappa shape index (κ3) is 5.23. The number of nitrogens with one attached hydrogen (secondary N) is 2. The average Bonchev–Trinajstić information content (AvgIpc) is 3.47. The van der Waals surface area contributed by atoms with E-state index < -0.39 is 29.8 Å². The highest BCUT2D eigenvalue weighted by Gasteiger charge is 2.22. The van der Waals surface area contributed by atoms with Crippen molar-refractivity contribution in [2.75, 3.05) is 0 Å². The second kappa shape index (κ2) is 10.3. The Balaban J connectivity index is 1.35. The molecule has 0 saturated heterocycles. The highest BCUT2D eigenvalue weighted by Crippen LogP contribution is 2.21. The molecule has 3 aromatic carbocycles. The number of nitrogens with zero attached hydrogens (tertiary/aromatic N) is 3. The van der Waals surface area contributed by atoms with E-state index in [9.17, 15) is 29.4 Å². The summed E-state index contributed by atoms with van der Waals surface area (Å²) in [5, 5.41) is 21.4. The number of aromatic nitrogens is 4. The molecule has 12 heteroatoms. The van der Waals surface area contributed by atoms with E-state index in [-0.39, 0.29) is 17.5 Å². The number of aryl methyl sites for hydroxylation is 1. The number of primary amides is 1. The van der Waals surface area contributed by atoms with Gasteiger partial charge in [-0.1, -0.05) is 12.1 Å². The Morgan fingerprint density at radius 2 is 1.70 bits per heavy atom. The fourth-order valence-corrected chi connectivity index (χ4v) is 4.50. The zero-order valence-corrected chi connectivity index (χ0v) is 21.2. The number of carbonyl (C=O) groups is 4. The molecular formula is C28H24N6O6. The Kier molecular flexibility index (Phi) is 6.74. The molecule has 0 bridgehead atoms. The van der Waals surface area contributed by atoms with Crippen LogP contribution in [0.4, 0.5) is 0 Å². The maximum atomic E-state index is 13.0. The normalized spacial score (nSPS) is 11.9. The Morgan fingerprint density at radius 3 is 2.42 bits per heavy atom. The summed E-state index contributed by atoms with van der Waals surface area (Å²) in [6.07, 6.45) is 0.266. The van der Waals surface area contributed by atoms with Gasteiger partial charge in [-0.05, 0) is 54.1 Å². The van der Waals surface area contributed by atoms with E-state index >= 15 is 0 Å². The van der Waals surface area contributed by atoms with E-state index in [1.807, 2.05) is 4.57 Å². The minimum atomic E-state index is -1.27. The topological polar surface area (TPSA) is 193 Å². The number of amides is 2. The van der Waals surface area contributed by atoms with Crippen LogP contribution in [-0.4, -0.2) is 59.5 Å². The molecule has 202 valence electrons. The number of aliphatic carboxylic acids is 1. The van der Waals surface area contributed by atoms with Crippen LogP contribution >= 0.6 is 0 Å². The van der Waals surface area contributed by atoms with Crippen molar-refractivity contribution in [3.8, 4) is 0 Å². The molecule has 2 heterocycles. The molecule has 0 saturated carbocycles. The summed E-state index contributed by atoms with van der Waals surface area (Å²) in [4.78, 5) is 60.0. The van der Waals surface area contributed by atoms with Crippen molar-refractivity contribution in [3.05, 3.63) is 94.6 Å². The van der Waals surface area contributed by atoms with Crippen LogP contribution in [0.5, 0.6) is 0 Å². The van der Waals surface area contributed by atoms with E-state index in [0.717, 1.165) is 0 Å². The van der Waals surface area contributed by atoms with Crippen LogP contribution in [0.1, 0.15) is 48.3 Å². The number of imidazole rings is 2. The lowest BCUT2D eigenvalue weighted by Crippen LogP contribution is -2.42. The summed E-state index contributed by atoms with van der Waals surface area (Å²) in [5.74, 6) is -2.19. The lowest BCUT2D eigenvalue weighted by Gasteiger charge is -2.15. The molecule has 0 fully saturated rings. The second-order valence-corrected chi connectivity index (χ2v) is 9.32. The highest BCUT2D eigenvalue weighted by molar-refractivity contribution is 5.99. The molecule has 0 aliphatic carbocycles. The first-order valence-corrected chi connectivity index (χ1v) is 12.2. The van der Waals surface area contributed by atoms with Crippen LogP contribution in [0.15, 0.2) is 60.7 Å². The average molecular weight is 541 g/mol. The fraction of sp³-hybridized carbons (Fsp3) is 0.143. The Labute approximate surface area is 226 Å². The van der Waals surface area contributed by atoms with Crippen molar-refractivity contribution in [3.63, 3.8) is 0 Å². The first-order valence-electron chi connectivity index (χ1n) is 12.2. The molecular weight excluding hydrogens is 516 g/mol. The fourth-order valence-electron chi connectivity index (χ4n) is 4.50. The molecule has 0 aliphatic rings. The van der Waals surface area contributed by atoms with Gasteiger partial charge in [-0.3, -0.25) is 9.59 Å². The van der Waals surface area contributed by atoms with Crippen molar-refractivity contribution >= 4 is 45.8 Å². The first-order chi connectivity index (χ1) is 19.1. The van der Waals surface area contributed by atoms with Gasteiger partial charge in [-0.2, -0.15) is 0 Å². The van der Waals surface area contributed by atoms with Crippen LogP contribution in [0, 0.1) is 0 Å². The second-order valence-electron chi connectivity index (χ2n) is 9.32. The van der Waals surface area contributed by atoms with E-state index in [1.54, 1.807) is 49.5 Å². The summed E-state index contributed by atoms with van der Waals surface area (Å²) >= 11 is 0. The summed E-state index contributed by atoms with van der Waals surface area (Å²) in [6, 6.07) is 14.5. The number of benzene rings is 3. The maximum Gasteiger partial charge on any atom is 0.335 e. The highest BCUT2D eigenvalue weighted by atomic mass is 16.4. The molecule has 0 radical (unpaired) electrons. The molecule has 1 atom stereocenters. The van der Waals surface area contributed by atoms with Gasteiger partial charge in [-0.15, -0.1) is 0 Å². The van der Waals surface area contributed by atoms with E-state index in [0.29, 0.717) is 51.3 Å². The van der Waals surface area contributed by atoms with Crippen molar-refractivity contribution in [2.45, 2.75) is 18.9 Å². The van der Waals surface area contributed by atoms with E-state index in [4.69, 9.17) is 5.73 Å². The predicted octanol–water partition coefficient (Wildman–Crippen LogP) is 2.26. The van der Waals surface area contributed by atoms with Crippen LogP contribution in [0.25, 0.3) is 22.1 Å². The summed E-state index contributed by atoms with van der Waals surface area (Å²) in [6.45, 7) is 0. The number of hydrogen-bond donors (Lipinski definition) is 5. The number of rotatable bonds is 9. The molecule has 5 rings (SSSR count). The number of aromatic carboxylic acids is 1. The SMILES string of the molecule is Cn1c(Cc2nc3ccc(C(N)=O)cc3[nH]2)nc2ccc(C(=O)N[C@@H](Cc3cccc(C(=O)O)c3)C(=O)O)cc21. The van der Waals surface area contributed by atoms with Gasteiger partial charge in [0.05, 0.1) is 34.1 Å². The zero-order valence-electron chi connectivity index (χ0n) is 21.2. The van der Waals surface area contributed by atoms with Crippen molar-refractivity contribution < 1.29 is 29.4 Å². The van der Waals surface area contributed by atoms with Gasteiger partial charge in [0, 0.05) is 24.6 Å². The number of carboxylic acids is 2. The first kappa shape index (κ1) is 26.1. The summed E-state index contributed by atoms with van der Waals surface area (Å²) < 4.78 is 1.82. The minimum Gasteiger partial charge on any atom is -0.480 e. The number of nitrogens with two attached hydrogens (primary N) is 1. The number of aromatic amines is 1. The monoisotopic (exact) mass is 540 g/mol. The maximum absolute atomic E-state index is 13.0. The Morgan fingerprint density at radius 1 is 0.950 bits per heavy atom. The van der Waals surface area contributed by atoms with Crippen LogP contribution < -0.4 is 11.1 Å². The third-order valence-corrected chi connectivity index (χ3v) is 6.59. The van der Waals surface area contributed by atoms with Gasteiger partial charge < -0.3 is 30.8 Å². The molecule has 0 unspecified atom stereocenters. The number of fused-ring (bicyclic) bond motifs is 2. The number of carbonyl (C=O) groups excluding carboxylic acids is 2. The summed E-state index contributed by atoms with van der Waals surface area (Å²) in [7, 11) is 1.80. The zero-order chi connectivity index (χ0) is 28.6. The van der Waals surface area contributed by atoms with Crippen molar-refractivity contribution in [2.24, 2.45) is 12.8 Å². The van der Waals surface area contributed by atoms with Crippen LogP contribution in [-0.2, 0) is 24.7 Å². The van der Waals surface area contributed by atoms with Gasteiger partial charge in [0.1, 0.15) is 17.7 Å². The number of H-pyrrole nitrogens is 1. The smallest absolute Gasteiger partial charge is 0.335 e.